The van der Waals surface area contributed by atoms with Crippen LogP contribution in [-0.2, 0) is 9.59 Å². The molecule has 2 rings (SSSR count). The van der Waals surface area contributed by atoms with E-state index in [0.29, 0.717) is 11.1 Å². The lowest BCUT2D eigenvalue weighted by molar-refractivity contribution is -0.155. The first kappa shape index (κ1) is 16.9. The Labute approximate surface area is 134 Å². The average molecular weight is 317 g/mol. The topological polar surface area (TPSA) is 91.8 Å². The Bertz CT molecular complexity index is 630. The fourth-order valence-electron chi connectivity index (χ4n) is 2.99. The number of amides is 2. The molecule has 1 unspecified atom stereocenters. The summed E-state index contributed by atoms with van der Waals surface area (Å²) in [5.41, 5.74) is -0.716. The molecule has 0 aliphatic carbocycles. The fourth-order valence-corrected chi connectivity index (χ4v) is 2.99. The van der Waals surface area contributed by atoms with Gasteiger partial charge in [0.15, 0.2) is 0 Å². The summed E-state index contributed by atoms with van der Waals surface area (Å²) in [6.07, 6.45) is 0.548. The third-order valence-corrected chi connectivity index (χ3v) is 4.55. The maximum Gasteiger partial charge on any atom is 0.317 e. The molecule has 1 aromatic rings. The van der Waals surface area contributed by atoms with Gasteiger partial charge >= 0.3 is 5.97 Å². The lowest BCUT2D eigenvalue weighted by Gasteiger charge is -2.25. The van der Waals surface area contributed by atoms with Gasteiger partial charge in [0, 0.05) is 6.54 Å². The SMILES string of the molecule is CCC(CCCN1C(=O)c2ccccc2C1=O)(C(C)=O)C(=O)O. The fraction of sp³-hybridized carbons (Fsp3) is 0.412. The van der Waals surface area contributed by atoms with Crippen LogP contribution in [0.15, 0.2) is 24.3 Å². The summed E-state index contributed by atoms with van der Waals surface area (Å²) in [6, 6.07) is 6.57. The molecule has 23 heavy (non-hydrogen) atoms. The Morgan fingerprint density at radius 3 is 2.04 bits per heavy atom. The summed E-state index contributed by atoms with van der Waals surface area (Å²) in [5.74, 6) is -2.30. The molecule has 122 valence electrons. The summed E-state index contributed by atoms with van der Waals surface area (Å²) < 4.78 is 0. The van der Waals surface area contributed by atoms with Crippen LogP contribution in [-0.4, -0.2) is 40.1 Å². The summed E-state index contributed by atoms with van der Waals surface area (Å²) >= 11 is 0. The van der Waals surface area contributed by atoms with E-state index in [1.807, 2.05) is 0 Å². The van der Waals surface area contributed by atoms with Gasteiger partial charge in [-0.2, -0.15) is 0 Å². The number of aliphatic carboxylic acids is 1. The highest BCUT2D eigenvalue weighted by Gasteiger charge is 2.42. The van der Waals surface area contributed by atoms with Gasteiger partial charge in [0.05, 0.1) is 11.1 Å². The number of hydrogen-bond donors (Lipinski definition) is 1. The van der Waals surface area contributed by atoms with Crippen molar-refractivity contribution >= 4 is 23.6 Å². The van der Waals surface area contributed by atoms with Crippen LogP contribution in [0.1, 0.15) is 53.8 Å². The van der Waals surface area contributed by atoms with Crippen molar-refractivity contribution in [3.63, 3.8) is 0 Å². The largest absolute Gasteiger partial charge is 0.480 e. The van der Waals surface area contributed by atoms with Gasteiger partial charge in [0.1, 0.15) is 11.2 Å². The molecule has 1 aliphatic heterocycles. The highest BCUT2D eigenvalue weighted by atomic mass is 16.4. The van der Waals surface area contributed by atoms with Crippen LogP contribution in [0.2, 0.25) is 0 Å². The number of rotatable bonds is 7. The molecule has 0 aromatic heterocycles. The third kappa shape index (κ3) is 2.76. The molecule has 0 spiro atoms. The Morgan fingerprint density at radius 1 is 1.13 bits per heavy atom. The number of Topliss-reactive ketones (excluding diaryl/α,β-unsaturated/α-hetero) is 1. The quantitative estimate of drug-likeness (QED) is 0.614. The zero-order valence-electron chi connectivity index (χ0n) is 13.2. The van der Waals surface area contributed by atoms with Crippen molar-refractivity contribution in [3.05, 3.63) is 35.4 Å². The first-order valence-corrected chi connectivity index (χ1v) is 7.55. The van der Waals surface area contributed by atoms with Crippen molar-refractivity contribution in [2.75, 3.05) is 6.54 Å². The number of hydrogen-bond acceptors (Lipinski definition) is 4. The molecule has 0 radical (unpaired) electrons. The number of carboxylic acid groups (broad SMARTS) is 1. The lowest BCUT2D eigenvalue weighted by Crippen LogP contribution is -2.39. The zero-order chi connectivity index (χ0) is 17.2. The summed E-state index contributed by atoms with van der Waals surface area (Å²) in [6.45, 7) is 3.02. The van der Waals surface area contributed by atoms with Crippen LogP contribution < -0.4 is 0 Å². The van der Waals surface area contributed by atoms with Gasteiger partial charge in [-0.25, -0.2) is 0 Å². The molecular weight excluding hydrogens is 298 g/mol. The second-order valence-electron chi connectivity index (χ2n) is 5.71. The molecule has 0 fully saturated rings. The van der Waals surface area contributed by atoms with E-state index in [1.54, 1.807) is 31.2 Å². The molecule has 1 heterocycles. The van der Waals surface area contributed by atoms with Gasteiger partial charge in [0.2, 0.25) is 0 Å². The van der Waals surface area contributed by atoms with Crippen molar-refractivity contribution in [3.8, 4) is 0 Å². The monoisotopic (exact) mass is 317 g/mol. The molecule has 6 nitrogen and oxygen atoms in total. The van der Waals surface area contributed by atoms with Crippen molar-refractivity contribution in [2.24, 2.45) is 5.41 Å². The van der Waals surface area contributed by atoms with E-state index in [1.165, 1.54) is 6.92 Å². The second kappa shape index (κ2) is 6.32. The third-order valence-electron chi connectivity index (χ3n) is 4.55. The Kier molecular flexibility index (Phi) is 4.63. The molecule has 0 bridgehead atoms. The van der Waals surface area contributed by atoms with Gasteiger partial charge in [-0.1, -0.05) is 19.1 Å². The number of fused-ring (bicyclic) bond motifs is 1. The maximum absolute atomic E-state index is 12.2. The van der Waals surface area contributed by atoms with E-state index < -0.39 is 17.2 Å². The molecular formula is C17H19NO5. The van der Waals surface area contributed by atoms with Crippen LogP contribution in [0.25, 0.3) is 0 Å². The van der Waals surface area contributed by atoms with Gasteiger partial charge in [-0.3, -0.25) is 24.1 Å². The minimum Gasteiger partial charge on any atom is -0.480 e. The number of benzene rings is 1. The Balaban J connectivity index is 2.08. The van der Waals surface area contributed by atoms with Crippen molar-refractivity contribution in [2.45, 2.75) is 33.1 Å². The lowest BCUT2D eigenvalue weighted by atomic mass is 9.77. The van der Waals surface area contributed by atoms with Gasteiger partial charge in [0.25, 0.3) is 11.8 Å². The number of carboxylic acids is 1. The molecule has 1 atom stereocenters. The zero-order valence-corrected chi connectivity index (χ0v) is 13.2. The van der Waals surface area contributed by atoms with E-state index >= 15 is 0 Å². The van der Waals surface area contributed by atoms with Crippen LogP contribution in [0.4, 0.5) is 0 Å². The first-order valence-electron chi connectivity index (χ1n) is 7.55. The van der Waals surface area contributed by atoms with Gasteiger partial charge in [-0.05, 0) is 38.3 Å². The number of imide groups is 1. The first-order chi connectivity index (χ1) is 10.8. The van der Waals surface area contributed by atoms with Crippen molar-refractivity contribution < 1.29 is 24.3 Å². The summed E-state index contributed by atoms with van der Waals surface area (Å²) in [5, 5.41) is 9.36. The predicted molar refractivity (Wildman–Crippen MR) is 82.1 cm³/mol. The Morgan fingerprint density at radius 2 is 1.65 bits per heavy atom. The molecule has 2 amide bonds. The van der Waals surface area contributed by atoms with E-state index in [9.17, 15) is 24.3 Å². The van der Waals surface area contributed by atoms with Crippen molar-refractivity contribution in [1.82, 2.24) is 4.90 Å². The number of ketones is 1. The minimum absolute atomic E-state index is 0.0988. The maximum atomic E-state index is 12.2. The predicted octanol–water partition coefficient (Wildman–Crippen LogP) is 2.13. The molecule has 6 heteroatoms. The number of carbonyl (C=O) groups is 4. The van der Waals surface area contributed by atoms with E-state index in [2.05, 4.69) is 0 Å². The number of nitrogens with zero attached hydrogens (tertiary/aromatic N) is 1. The molecule has 0 saturated carbocycles. The second-order valence-corrected chi connectivity index (χ2v) is 5.71. The highest BCUT2D eigenvalue weighted by molar-refractivity contribution is 6.21. The summed E-state index contributed by atoms with van der Waals surface area (Å²) in [7, 11) is 0. The van der Waals surface area contributed by atoms with Gasteiger partial charge < -0.3 is 5.11 Å². The van der Waals surface area contributed by atoms with Crippen LogP contribution in [0, 0.1) is 5.41 Å². The molecule has 1 N–H and O–H groups in total. The normalized spacial score (nSPS) is 16.2. The molecule has 0 saturated heterocycles. The minimum atomic E-state index is -1.45. The van der Waals surface area contributed by atoms with E-state index in [0.717, 1.165) is 4.90 Å². The average Bonchev–Trinajstić information content (AvgIpc) is 2.76. The van der Waals surface area contributed by atoms with Gasteiger partial charge in [-0.15, -0.1) is 0 Å². The summed E-state index contributed by atoms with van der Waals surface area (Å²) in [4.78, 5) is 48.8. The van der Waals surface area contributed by atoms with Crippen molar-refractivity contribution in [1.29, 1.82) is 0 Å². The van der Waals surface area contributed by atoms with E-state index in [-0.39, 0.29) is 37.6 Å². The highest BCUT2D eigenvalue weighted by Crippen LogP contribution is 2.31. The Hall–Kier alpha value is -2.50. The molecule has 1 aromatic carbocycles. The smallest absolute Gasteiger partial charge is 0.317 e. The molecule has 1 aliphatic rings. The van der Waals surface area contributed by atoms with Crippen LogP contribution in [0.5, 0.6) is 0 Å². The number of carbonyl (C=O) groups excluding carboxylic acids is 3. The standard InChI is InChI=1S/C17H19NO5/c1-3-17(11(2)19,16(22)23)9-6-10-18-14(20)12-7-4-5-8-13(12)15(18)21/h4-5,7-8H,3,6,9-10H2,1-2H3,(H,22,23). The van der Waals surface area contributed by atoms with Crippen LogP contribution >= 0.6 is 0 Å². The van der Waals surface area contributed by atoms with E-state index in [4.69, 9.17) is 0 Å². The van der Waals surface area contributed by atoms with Crippen LogP contribution in [0.3, 0.4) is 0 Å².